The molecule has 2 heterocycles. The van der Waals surface area contributed by atoms with Gasteiger partial charge in [0.15, 0.2) is 0 Å². The number of aromatic nitrogens is 1. The molecule has 1 saturated heterocycles. The molecule has 1 aromatic carbocycles. The smallest absolute Gasteiger partial charge is 0.136 e. The lowest BCUT2D eigenvalue weighted by molar-refractivity contribution is -0.119. The fraction of sp³-hybridized carbons (Fsp3) is 0.350. The van der Waals surface area contributed by atoms with Gasteiger partial charge in [-0.05, 0) is 50.2 Å². The maximum absolute atomic E-state index is 11.4. The molecule has 5 nitrogen and oxygen atoms in total. The molecule has 130 valence electrons. The molecule has 2 aromatic rings. The van der Waals surface area contributed by atoms with Crippen molar-refractivity contribution in [3.8, 4) is 0 Å². The van der Waals surface area contributed by atoms with E-state index >= 15 is 0 Å². The van der Waals surface area contributed by atoms with Crippen LogP contribution in [0, 0.1) is 6.92 Å². The maximum Gasteiger partial charge on any atom is 0.136 e. The molecule has 0 bridgehead atoms. The van der Waals surface area contributed by atoms with E-state index in [1.807, 2.05) is 38.0 Å². The van der Waals surface area contributed by atoms with Crippen LogP contribution in [0.2, 0.25) is 0 Å². The molecule has 0 atom stereocenters. The summed E-state index contributed by atoms with van der Waals surface area (Å²) in [5.74, 6) is 0.364. The number of anilines is 2. The predicted molar refractivity (Wildman–Crippen MR) is 102 cm³/mol. The molecule has 25 heavy (non-hydrogen) atoms. The number of hydrazone groups is 1. The molecule has 0 radical (unpaired) electrons. The molecule has 1 fully saturated rings. The van der Waals surface area contributed by atoms with Crippen LogP contribution < -0.4 is 9.91 Å². The van der Waals surface area contributed by atoms with Crippen molar-refractivity contribution in [1.29, 1.82) is 0 Å². The third kappa shape index (κ3) is 4.05. The van der Waals surface area contributed by atoms with Crippen LogP contribution in [0.25, 0.3) is 0 Å². The number of hydrogen-bond acceptors (Lipinski definition) is 5. The molecule has 0 unspecified atom stereocenters. The van der Waals surface area contributed by atoms with E-state index in [-0.39, 0.29) is 0 Å². The van der Waals surface area contributed by atoms with Gasteiger partial charge in [-0.1, -0.05) is 0 Å². The van der Waals surface area contributed by atoms with Crippen molar-refractivity contribution < 1.29 is 4.79 Å². The van der Waals surface area contributed by atoms with E-state index in [9.17, 15) is 4.79 Å². The van der Waals surface area contributed by atoms with Gasteiger partial charge in [-0.2, -0.15) is 5.10 Å². The number of ketones is 1. The Bertz CT molecular complexity index is 773. The molecule has 0 aliphatic carbocycles. The Morgan fingerprint density at radius 1 is 1.16 bits per heavy atom. The first-order valence-corrected chi connectivity index (χ1v) is 8.62. The van der Waals surface area contributed by atoms with Crippen molar-refractivity contribution >= 4 is 22.9 Å². The maximum atomic E-state index is 11.4. The number of piperidine rings is 1. The van der Waals surface area contributed by atoms with Gasteiger partial charge in [0.1, 0.15) is 5.78 Å². The standard InChI is InChI=1S/C20H24N4O/c1-15-20(5-4-12-21-15)16(2)22-23(3)17-6-8-18(9-7-17)24-13-10-19(25)11-14-24/h4-9,12H,10-11,13-14H2,1-3H3/b22-16+. The van der Waals surface area contributed by atoms with Crippen molar-refractivity contribution in [2.75, 3.05) is 30.0 Å². The average molecular weight is 336 g/mol. The monoisotopic (exact) mass is 336 g/mol. The van der Waals surface area contributed by atoms with Crippen molar-refractivity contribution in [2.24, 2.45) is 5.10 Å². The molecule has 1 aliphatic heterocycles. The summed E-state index contributed by atoms with van der Waals surface area (Å²) in [5, 5.41) is 6.56. The van der Waals surface area contributed by atoms with Crippen LogP contribution in [0.1, 0.15) is 31.0 Å². The van der Waals surface area contributed by atoms with Crippen LogP contribution in [0.3, 0.4) is 0 Å². The minimum Gasteiger partial charge on any atom is -0.371 e. The van der Waals surface area contributed by atoms with Gasteiger partial charge in [0, 0.05) is 56.1 Å². The summed E-state index contributed by atoms with van der Waals surface area (Å²) < 4.78 is 0. The van der Waals surface area contributed by atoms with Crippen molar-refractivity contribution in [3.05, 3.63) is 53.9 Å². The second-order valence-electron chi connectivity index (χ2n) is 6.39. The Morgan fingerprint density at radius 3 is 2.48 bits per heavy atom. The minimum absolute atomic E-state index is 0.364. The third-order valence-corrected chi connectivity index (χ3v) is 4.61. The van der Waals surface area contributed by atoms with E-state index in [1.54, 1.807) is 6.20 Å². The number of carbonyl (C=O) groups is 1. The average Bonchev–Trinajstić information content (AvgIpc) is 2.63. The van der Waals surface area contributed by atoms with Gasteiger partial charge in [0.25, 0.3) is 0 Å². The van der Waals surface area contributed by atoms with E-state index in [0.717, 1.165) is 41.4 Å². The zero-order valence-corrected chi connectivity index (χ0v) is 15.1. The zero-order chi connectivity index (χ0) is 17.8. The number of Topliss-reactive ketones (excluding diaryl/α,β-unsaturated/α-hetero) is 1. The van der Waals surface area contributed by atoms with Crippen LogP contribution in [0.15, 0.2) is 47.7 Å². The highest BCUT2D eigenvalue weighted by Crippen LogP contribution is 2.23. The van der Waals surface area contributed by atoms with E-state index in [1.165, 1.54) is 0 Å². The summed E-state index contributed by atoms with van der Waals surface area (Å²) in [6.07, 6.45) is 3.09. The normalized spacial score (nSPS) is 15.4. The lowest BCUT2D eigenvalue weighted by Crippen LogP contribution is -2.33. The van der Waals surface area contributed by atoms with Crippen molar-refractivity contribution in [2.45, 2.75) is 26.7 Å². The second kappa shape index (κ2) is 7.47. The van der Waals surface area contributed by atoms with Gasteiger partial charge in [-0.3, -0.25) is 14.8 Å². The Kier molecular flexibility index (Phi) is 5.12. The van der Waals surface area contributed by atoms with E-state index < -0.39 is 0 Å². The summed E-state index contributed by atoms with van der Waals surface area (Å²) in [6, 6.07) is 12.3. The van der Waals surface area contributed by atoms with Gasteiger partial charge in [0.05, 0.1) is 11.4 Å². The molecule has 1 aromatic heterocycles. The molecule has 5 heteroatoms. The first-order valence-electron chi connectivity index (χ1n) is 8.62. The summed E-state index contributed by atoms with van der Waals surface area (Å²) in [7, 11) is 1.95. The quantitative estimate of drug-likeness (QED) is 0.634. The van der Waals surface area contributed by atoms with Crippen LogP contribution in [-0.2, 0) is 4.79 Å². The summed E-state index contributed by atoms with van der Waals surface area (Å²) in [4.78, 5) is 18.0. The minimum atomic E-state index is 0.364. The molecule has 0 N–H and O–H groups in total. The lowest BCUT2D eigenvalue weighted by atomic mass is 10.1. The Labute approximate surface area is 149 Å². The molecular weight excluding hydrogens is 312 g/mol. The van der Waals surface area contributed by atoms with Gasteiger partial charge >= 0.3 is 0 Å². The van der Waals surface area contributed by atoms with Crippen LogP contribution in [0.5, 0.6) is 0 Å². The number of nitrogens with zero attached hydrogens (tertiary/aromatic N) is 4. The van der Waals surface area contributed by atoms with Crippen LogP contribution in [0.4, 0.5) is 11.4 Å². The second-order valence-corrected chi connectivity index (χ2v) is 6.39. The van der Waals surface area contributed by atoms with Gasteiger partial charge < -0.3 is 4.90 Å². The number of rotatable bonds is 4. The van der Waals surface area contributed by atoms with E-state index in [2.05, 4.69) is 39.3 Å². The number of aryl methyl sites for hydroxylation is 1. The van der Waals surface area contributed by atoms with Crippen LogP contribution >= 0.6 is 0 Å². The Morgan fingerprint density at radius 2 is 1.84 bits per heavy atom. The Balaban J connectivity index is 1.72. The Hall–Kier alpha value is -2.69. The summed E-state index contributed by atoms with van der Waals surface area (Å²) in [6.45, 7) is 5.61. The highest BCUT2D eigenvalue weighted by atomic mass is 16.1. The number of hydrogen-bond donors (Lipinski definition) is 0. The van der Waals surface area contributed by atoms with Gasteiger partial charge in [-0.25, -0.2) is 0 Å². The number of benzene rings is 1. The number of carbonyl (C=O) groups excluding carboxylic acids is 1. The van der Waals surface area contributed by atoms with Gasteiger partial charge in [0.2, 0.25) is 0 Å². The third-order valence-electron chi connectivity index (χ3n) is 4.61. The SMILES string of the molecule is C/C(=N\N(C)c1ccc(N2CCC(=O)CC2)cc1)c1cccnc1C. The molecule has 0 spiro atoms. The fourth-order valence-corrected chi connectivity index (χ4v) is 3.10. The molecule has 0 amide bonds. The van der Waals surface area contributed by atoms with Crippen molar-refractivity contribution in [3.63, 3.8) is 0 Å². The first-order chi connectivity index (χ1) is 12.0. The van der Waals surface area contributed by atoms with Crippen LogP contribution in [-0.4, -0.2) is 36.6 Å². The molecular formula is C20H24N4O. The highest BCUT2D eigenvalue weighted by Gasteiger charge is 2.16. The zero-order valence-electron chi connectivity index (χ0n) is 15.1. The molecule has 0 saturated carbocycles. The summed E-state index contributed by atoms with van der Waals surface area (Å²) in [5.41, 5.74) is 5.16. The summed E-state index contributed by atoms with van der Waals surface area (Å²) >= 11 is 0. The van der Waals surface area contributed by atoms with Gasteiger partial charge in [-0.15, -0.1) is 0 Å². The van der Waals surface area contributed by atoms with Crippen molar-refractivity contribution in [1.82, 2.24) is 4.98 Å². The molecule has 3 rings (SSSR count). The number of pyridine rings is 1. The lowest BCUT2D eigenvalue weighted by Gasteiger charge is -2.28. The predicted octanol–water partition coefficient (Wildman–Crippen LogP) is 3.42. The fourth-order valence-electron chi connectivity index (χ4n) is 3.10. The van der Waals surface area contributed by atoms with E-state index in [0.29, 0.717) is 18.6 Å². The van der Waals surface area contributed by atoms with E-state index in [4.69, 9.17) is 0 Å². The first kappa shape index (κ1) is 17.1. The topological polar surface area (TPSA) is 48.8 Å². The highest BCUT2D eigenvalue weighted by molar-refractivity contribution is 6.00. The largest absolute Gasteiger partial charge is 0.371 e. The molecule has 1 aliphatic rings.